The Balaban J connectivity index is 1.86. The summed E-state index contributed by atoms with van der Waals surface area (Å²) in [5, 5.41) is 10.4. The summed E-state index contributed by atoms with van der Waals surface area (Å²) in [5.74, 6) is 0.999. The predicted molar refractivity (Wildman–Crippen MR) is 89.0 cm³/mol. The Labute approximate surface area is 132 Å². The number of methoxy groups -OCH3 is 1. The molecule has 0 fully saturated rings. The first kappa shape index (κ1) is 14.1. The zero-order valence-electron chi connectivity index (χ0n) is 13.7. The molecule has 22 heavy (non-hydrogen) atoms. The quantitative estimate of drug-likeness (QED) is 0.842. The smallest absolute Gasteiger partial charge is 0.122 e. The van der Waals surface area contributed by atoms with Crippen molar-refractivity contribution in [2.24, 2.45) is 5.41 Å². The molecular formula is C20H24O2. The van der Waals surface area contributed by atoms with E-state index in [0.717, 1.165) is 37.9 Å². The molecule has 0 radical (unpaired) electrons. The Kier molecular flexibility index (Phi) is 3.02. The van der Waals surface area contributed by atoms with E-state index in [1.165, 1.54) is 33.4 Å². The number of hydrogen-bond acceptors (Lipinski definition) is 2. The topological polar surface area (TPSA) is 29.5 Å². The van der Waals surface area contributed by atoms with Crippen LogP contribution in [0.4, 0.5) is 0 Å². The minimum Gasteiger partial charge on any atom is -0.496 e. The summed E-state index contributed by atoms with van der Waals surface area (Å²) in [6.07, 6.45) is 7.24. The summed E-state index contributed by atoms with van der Waals surface area (Å²) in [6, 6.07) is 4.35. The van der Waals surface area contributed by atoms with E-state index in [9.17, 15) is 5.11 Å². The second-order valence-corrected chi connectivity index (χ2v) is 7.16. The molecule has 0 saturated heterocycles. The Morgan fingerprint density at radius 3 is 2.77 bits per heavy atom. The van der Waals surface area contributed by atoms with Gasteiger partial charge in [0.1, 0.15) is 5.75 Å². The molecule has 2 unspecified atom stereocenters. The zero-order valence-corrected chi connectivity index (χ0v) is 13.7. The van der Waals surface area contributed by atoms with Gasteiger partial charge in [0.25, 0.3) is 0 Å². The highest BCUT2D eigenvalue weighted by molar-refractivity contribution is 5.80. The molecule has 3 aliphatic carbocycles. The fourth-order valence-electron chi connectivity index (χ4n) is 4.76. The average molecular weight is 296 g/mol. The Hall–Kier alpha value is -1.54. The molecule has 0 bridgehead atoms. The first-order chi connectivity index (χ1) is 10.6. The largest absolute Gasteiger partial charge is 0.496 e. The number of benzene rings is 1. The van der Waals surface area contributed by atoms with E-state index >= 15 is 0 Å². The van der Waals surface area contributed by atoms with Gasteiger partial charge in [0.05, 0.1) is 13.2 Å². The van der Waals surface area contributed by atoms with Crippen molar-refractivity contribution in [3.05, 3.63) is 46.0 Å². The van der Waals surface area contributed by atoms with Gasteiger partial charge >= 0.3 is 0 Å². The van der Waals surface area contributed by atoms with Gasteiger partial charge in [0.15, 0.2) is 0 Å². The van der Waals surface area contributed by atoms with Crippen molar-refractivity contribution in [3.8, 4) is 5.75 Å². The zero-order chi connectivity index (χ0) is 15.5. The molecule has 0 amide bonds. The Morgan fingerprint density at radius 1 is 1.18 bits per heavy atom. The van der Waals surface area contributed by atoms with Crippen molar-refractivity contribution in [2.75, 3.05) is 7.11 Å². The van der Waals surface area contributed by atoms with Gasteiger partial charge in [-0.05, 0) is 78.5 Å². The van der Waals surface area contributed by atoms with Crippen LogP contribution in [0, 0.1) is 12.3 Å². The molecule has 116 valence electrons. The molecule has 3 aliphatic rings. The Morgan fingerprint density at radius 2 is 2.00 bits per heavy atom. The molecule has 0 aliphatic heterocycles. The lowest BCUT2D eigenvalue weighted by Gasteiger charge is -2.41. The summed E-state index contributed by atoms with van der Waals surface area (Å²) in [7, 11) is 1.75. The molecule has 1 N–H and O–H groups in total. The number of allylic oxidation sites excluding steroid dienone is 2. The maximum Gasteiger partial charge on any atom is 0.122 e. The maximum absolute atomic E-state index is 10.4. The predicted octanol–water partition coefficient (Wildman–Crippen LogP) is 4.19. The van der Waals surface area contributed by atoms with Crippen LogP contribution < -0.4 is 4.74 Å². The summed E-state index contributed by atoms with van der Waals surface area (Å²) in [6.45, 7) is 4.42. The number of rotatable bonds is 1. The van der Waals surface area contributed by atoms with Crippen LogP contribution >= 0.6 is 0 Å². The number of hydrogen-bond donors (Lipinski definition) is 1. The van der Waals surface area contributed by atoms with Crippen LogP contribution in [-0.4, -0.2) is 18.3 Å². The molecule has 0 saturated carbocycles. The van der Waals surface area contributed by atoms with Crippen molar-refractivity contribution >= 4 is 5.57 Å². The summed E-state index contributed by atoms with van der Waals surface area (Å²) in [4.78, 5) is 0. The first-order valence-corrected chi connectivity index (χ1v) is 8.34. The lowest BCUT2D eigenvalue weighted by atomic mass is 9.65. The fourth-order valence-corrected chi connectivity index (χ4v) is 4.76. The molecule has 2 heteroatoms. The van der Waals surface area contributed by atoms with Crippen molar-refractivity contribution in [1.29, 1.82) is 0 Å². The lowest BCUT2D eigenvalue weighted by Crippen LogP contribution is -2.33. The van der Waals surface area contributed by atoms with Gasteiger partial charge in [-0.25, -0.2) is 0 Å². The monoisotopic (exact) mass is 296 g/mol. The third-order valence-corrected chi connectivity index (χ3v) is 6.20. The van der Waals surface area contributed by atoms with Crippen LogP contribution in [0.3, 0.4) is 0 Å². The van der Waals surface area contributed by atoms with E-state index in [4.69, 9.17) is 4.74 Å². The van der Waals surface area contributed by atoms with Gasteiger partial charge in [-0.2, -0.15) is 0 Å². The highest BCUT2D eigenvalue weighted by atomic mass is 16.5. The van der Waals surface area contributed by atoms with Gasteiger partial charge in [0, 0.05) is 5.41 Å². The van der Waals surface area contributed by atoms with E-state index < -0.39 is 0 Å². The van der Waals surface area contributed by atoms with Crippen LogP contribution in [0.15, 0.2) is 29.4 Å². The van der Waals surface area contributed by atoms with Crippen molar-refractivity contribution < 1.29 is 9.84 Å². The highest BCUT2D eigenvalue weighted by Gasteiger charge is 2.45. The summed E-state index contributed by atoms with van der Waals surface area (Å²) < 4.78 is 5.49. The van der Waals surface area contributed by atoms with Crippen LogP contribution in [0.25, 0.3) is 5.57 Å². The van der Waals surface area contributed by atoms with E-state index in [2.05, 4.69) is 32.1 Å². The molecule has 2 nitrogen and oxygen atoms in total. The Bertz CT molecular complexity index is 711. The summed E-state index contributed by atoms with van der Waals surface area (Å²) >= 11 is 0. The second kappa shape index (κ2) is 4.73. The normalized spacial score (nSPS) is 29.6. The fraction of sp³-hybridized carbons (Fsp3) is 0.500. The van der Waals surface area contributed by atoms with Crippen molar-refractivity contribution in [2.45, 2.75) is 52.1 Å². The molecular weight excluding hydrogens is 272 g/mol. The SMILES string of the molecule is COc1ccc2c(c1C)CCC1=C2CCC2(C)C1=CCC2O. The second-order valence-electron chi connectivity index (χ2n) is 7.16. The van der Waals surface area contributed by atoms with E-state index in [0.29, 0.717) is 0 Å². The molecule has 0 spiro atoms. The van der Waals surface area contributed by atoms with Gasteiger partial charge in [-0.15, -0.1) is 0 Å². The number of ether oxygens (including phenoxy) is 1. The van der Waals surface area contributed by atoms with Gasteiger partial charge in [0.2, 0.25) is 0 Å². The first-order valence-electron chi connectivity index (χ1n) is 8.34. The highest BCUT2D eigenvalue weighted by Crippen LogP contribution is 2.55. The summed E-state index contributed by atoms with van der Waals surface area (Å²) in [5.41, 5.74) is 8.62. The van der Waals surface area contributed by atoms with Crippen molar-refractivity contribution in [3.63, 3.8) is 0 Å². The van der Waals surface area contributed by atoms with Crippen LogP contribution in [0.1, 0.15) is 49.3 Å². The third-order valence-electron chi connectivity index (χ3n) is 6.20. The van der Waals surface area contributed by atoms with Crippen LogP contribution in [-0.2, 0) is 6.42 Å². The van der Waals surface area contributed by atoms with E-state index in [1.807, 2.05) is 0 Å². The van der Waals surface area contributed by atoms with Crippen LogP contribution in [0.2, 0.25) is 0 Å². The van der Waals surface area contributed by atoms with Crippen molar-refractivity contribution in [1.82, 2.24) is 0 Å². The van der Waals surface area contributed by atoms with Gasteiger partial charge in [-0.3, -0.25) is 0 Å². The molecule has 0 aromatic heterocycles. The third kappa shape index (κ3) is 1.70. The number of fused-ring (bicyclic) bond motifs is 4. The number of aliphatic hydroxyl groups is 1. The number of aliphatic hydroxyl groups excluding tert-OH is 1. The van der Waals surface area contributed by atoms with E-state index in [1.54, 1.807) is 7.11 Å². The van der Waals surface area contributed by atoms with E-state index in [-0.39, 0.29) is 11.5 Å². The molecule has 1 aromatic rings. The standard InChI is InChI=1S/C20H24O2/c1-12-13-4-5-16-15(14(13)6-8-18(12)22-3)10-11-20(2)17(16)7-9-19(20)21/h6-8,19,21H,4-5,9-11H2,1-3H3. The molecule has 4 rings (SSSR count). The molecule has 0 heterocycles. The van der Waals surface area contributed by atoms with Gasteiger partial charge < -0.3 is 9.84 Å². The minimum atomic E-state index is -0.199. The maximum atomic E-state index is 10.4. The lowest BCUT2D eigenvalue weighted by molar-refractivity contribution is 0.0728. The molecule has 1 aromatic carbocycles. The van der Waals surface area contributed by atoms with Gasteiger partial charge in [-0.1, -0.05) is 19.1 Å². The minimum absolute atomic E-state index is 0.0160. The van der Waals surface area contributed by atoms with Crippen LogP contribution in [0.5, 0.6) is 5.75 Å². The molecule has 2 atom stereocenters. The average Bonchev–Trinajstić information content (AvgIpc) is 2.83.